The van der Waals surface area contributed by atoms with Crippen LogP contribution in [-0.4, -0.2) is 8.07 Å². The van der Waals surface area contributed by atoms with Crippen molar-refractivity contribution in [2.45, 2.75) is 19.6 Å². The molecule has 0 saturated heterocycles. The number of benzene rings is 1. The van der Waals surface area contributed by atoms with Crippen LogP contribution in [0.15, 0.2) is 30.3 Å². The van der Waals surface area contributed by atoms with Crippen LogP contribution in [0.1, 0.15) is 5.56 Å². The van der Waals surface area contributed by atoms with Crippen molar-refractivity contribution in [1.29, 1.82) is 0 Å². The number of hydrogen-bond acceptors (Lipinski definition) is 0. The van der Waals surface area contributed by atoms with Crippen LogP contribution in [-0.2, 0) is 31.3 Å². The van der Waals surface area contributed by atoms with Gasteiger partial charge < -0.3 is 0 Å². The average molecular weight is 310 g/mol. The van der Waals surface area contributed by atoms with E-state index in [1.807, 2.05) is 30.3 Å². The van der Waals surface area contributed by atoms with Gasteiger partial charge in [0.2, 0.25) is 0 Å². The summed E-state index contributed by atoms with van der Waals surface area (Å²) in [5, 5.41) is 0. The molecule has 0 amide bonds. The van der Waals surface area contributed by atoms with Crippen molar-refractivity contribution >= 4 is 8.07 Å². The third-order valence-electron chi connectivity index (χ3n) is 1.36. The van der Waals surface area contributed by atoms with Crippen LogP contribution >= 0.6 is 0 Å². The largest absolute Gasteiger partial charge is 0 e. The first kappa shape index (κ1) is 26.3. The van der Waals surface area contributed by atoms with E-state index < -0.39 is 8.07 Å². The Morgan fingerprint density at radius 3 is 1.53 bits per heavy atom. The molecule has 19 heavy (non-hydrogen) atoms. The van der Waals surface area contributed by atoms with Crippen molar-refractivity contribution in [3.63, 3.8) is 0 Å². The Morgan fingerprint density at radius 2 is 1.21 bits per heavy atom. The van der Waals surface area contributed by atoms with Gasteiger partial charge in [0.15, 0.2) is 0 Å². The molecule has 1 rings (SSSR count). The van der Waals surface area contributed by atoms with Gasteiger partial charge in [-0.3, -0.25) is 0 Å². The first-order valence-electron chi connectivity index (χ1n) is 4.77. The topological polar surface area (TPSA) is 59.7 Å². The summed E-state index contributed by atoms with van der Waals surface area (Å²) in [6.45, 7) is 20.3. The Morgan fingerprint density at radius 1 is 0.842 bits per heavy atom. The molecule has 0 N–H and O–H groups in total. The van der Waals surface area contributed by atoms with Crippen molar-refractivity contribution in [1.82, 2.24) is 0 Å². The zero-order chi connectivity index (χ0) is 15.0. The van der Waals surface area contributed by atoms with E-state index in [9.17, 15) is 0 Å². The fourth-order valence-corrected chi connectivity index (χ4v) is 1.30. The van der Waals surface area contributed by atoms with Crippen molar-refractivity contribution in [2.75, 3.05) is 0 Å². The molecular formula is C14H14CrO3Si. The maximum atomic E-state index is 7.50. The molecule has 3 nitrogen and oxygen atoms in total. The molecule has 0 aliphatic carbocycles. The second-order valence-electron chi connectivity index (χ2n) is 3.87. The van der Waals surface area contributed by atoms with E-state index in [0.717, 1.165) is 5.56 Å². The minimum atomic E-state index is -1.20. The van der Waals surface area contributed by atoms with E-state index in [0.29, 0.717) is 0 Å². The maximum Gasteiger partial charge on any atom is 0 e. The minimum absolute atomic E-state index is 0. The summed E-state index contributed by atoms with van der Waals surface area (Å²) in [6, 6.07) is 10.2. The smallest absolute Gasteiger partial charge is 0 e. The summed E-state index contributed by atoms with van der Waals surface area (Å²) in [7, 11) is -1.20. The number of hydrogen-bond donors (Lipinski definition) is 0. The summed E-state index contributed by atoms with van der Waals surface area (Å²) in [5.41, 5.74) is 4.45. The zero-order valence-electron chi connectivity index (χ0n) is 11.0. The molecule has 0 heterocycles. The Balaban J connectivity index is -0.000000142. The van der Waals surface area contributed by atoms with Crippen molar-refractivity contribution in [2.24, 2.45) is 0 Å². The van der Waals surface area contributed by atoms with Gasteiger partial charge in [0.05, 0.1) is 0 Å². The van der Waals surface area contributed by atoms with E-state index in [2.05, 4.69) is 51.1 Å². The van der Waals surface area contributed by atoms with Crippen molar-refractivity contribution < 1.29 is 31.3 Å². The Kier molecular flexibility index (Phi) is 26.5. The van der Waals surface area contributed by atoms with E-state index in [4.69, 9.17) is 14.0 Å². The van der Waals surface area contributed by atoms with E-state index in [-0.39, 0.29) is 17.4 Å². The molecule has 5 heteroatoms. The molecule has 0 bridgehead atoms. The molecule has 0 aromatic heterocycles. The van der Waals surface area contributed by atoms with Gasteiger partial charge in [-0.2, -0.15) is 0 Å². The van der Waals surface area contributed by atoms with Crippen LogP contribution in [0.25, 0.3) is 0 Å². The first-order chi connectivity index (χ1) is 8.58. The second-order valence-corrected chi connectivity index (χ2v) is 8.62. The monoisotopic (exact) mass is 310 g/mol. The fourth-order valence-electron chi connectivity index (χ4n) is 0.781. The molecule has 0 spiro atoms. The van der Waals surface area contributed by atoms with Crippen LogP contribution in [0.3, 0.4) is 0 Å². The molecule has 0 aliphatic rings. The van der Waals surface area contributed by atoms with Gasteiger partial charge in [-0.25, -0.2) is 0 Å². The van der Waals surface area contributed by atoms with E-state index >= 15 is 0 Å². The van der Waals surface area contributed by atoms with Crippen LogP contribution in [0.5, 0.6) is 0 Å². The second kappa shape index (κ2) is 19.1. The van der Waals surface area contributed by atoms with Gasteiger partial charge in [-0.05, 0) is 12.1 Å². The molecule has 1 aromatic carbocycles. The van der Waals surface area contributed by atoms with Gasteiger partial charge in [0.1, 0.15) is 8.07 Å². The average Bonchev–Trinajstić information content (AvgIpc) is 2.44. The molecule has 0 atom stereocenters. The first-order valence-corrected chi connectivity index (χ1v) is 8.27. The van der Waals surface area contributed by atoms with Crippen LogP contribution in [0.2, 0.25) is 19.6 Å². The Hall–Kier alpha value is -1.25. The van der Waals surface area contributed by atoms with E-state index in [1.54, 1.807) is 0 Å². The molecule has 1 aromatic rings. The Bertz CT molecular complexity index is 405. The van der Waals surface area contributed by atoms with Crippen LogP contribution in [0.4, 0.5) is 0 Å². The molecule has 0 radical (unpaired) electrons. The molecule has 98 valence electrons. The molecule has 0 unspecified atom stereocenters. The predicted octanol–water partition coefficient (Wildman–Crippen LogP) is 2.80. The third-order valence-corrected chi connectivity index (χ3v) is 2.23. The normalized spacial score (nSPS) is 6.79. The van der Waals surface area contributed by atoms with Gasteiger partial charge in [0.25, 0.3) is 0 Å². The summed E-state index contributed by atoms with van der Waals surface area (Å²) in [5.74, 6) is 3.20. The third kappa shape index (κ3) is 22.4. The quantitative estimate of drug-likeness (QED) is 0.306. The molecule has 0 aliphatic heterocycles. The maximum absolute atomic E-state index is 7.50. The molecule has 0 saturated carbocycles. The predicted molar refractivity (Wildman–Crippen MR) is 68.5 cm³/mol. The van der Waals surface area contributed by atoms with Crippen molar-refractivity contribution in [3.8, 4) is 11.5 Å². The molecule has 0 fully saturated rings. The van der Waals surface area contributed by atoms with Crippen LogP contribution < -0.4 is 0 Å². The van der Waals surface area contributed by atoms with Gasteiger partial charge in [-0.1, -0.05) is 43.8 Å². The summed E-state index contributed by atoms with van der Waals surface area (Å²) >= 11 is 0. The summed E-state index contributed by atoms with van der Waals surface area (Å²) < 4.78 is 22.5. The van der Waals surface area contributed by atoms with Crippen LogP contribution in [0, 0.1) is 31.4 Å². The summed E-state index contributed by atoms with van der Waals surface area (Å²) in [6.07, 6.45) is 0. The zero-order valence-corrected chi connectivity index (χ0v) is 13.3. The Labute approximate surface area is 126 Å². The van der Waals surface area contributed by atoms with E-state index in [1.165, 1.54) is 0 Å². The SMILES string of the molecule is C[Si](C)(C)C#Cc1ccccc1.[C-]#[O+].[C-]#[O+].[C-]#[O+].[Cr]. The van der Waals surface area contributed by atoms with Gasteiger partial charge in [-0.15, -0.1) is 5.54 Å². The molecular weight excluding hydrogens is 296 g/mol. The van der Waals surface area contributed by atoms with Gasteiger partial charge in [0, 0.05) is 22.9 Å². The standard InChI is InChI=1S/C11H14Si.3CO.Cr/c1-12(2,3)10-9-11-7-5-4-6-8-11;3*1-2;/h4-8H,1-3H3;;;;. The minimum Gasteiger partial charge on any atom is 0 e. The van der Waals surface area contributed by atoms with Crippen molar-refractivity contribution in [3.05, 3.63) is 55.8 Å². The summed E-state index contributed by atoms with van der Waals surface area (Å²) in [4.78, 5) is 0. The van der Waals surface area contributed by atoms with Gasteiger partial charge >= 0.3 is 33.9 Å². The number of rotatable bonds is 0. The fraction of sp³-hybridized carbons (Fsp3) is 0.214.